The fraction of sp³-hybridized carbons (Fsp3) is 0.231. The Labute approximate surface area is 89.6 Å². The van der Waals surface area contributed by atoms with Crippen molar-refractivity contribution in [2.75, 3.05) is 0 Å². The Morgan fingerprint density at radius 2 is 1.73 bits per heavy atom. The van der Waals surface area contributed by atoms with E-state index in [-0.39, 0.29) is 5.92 Å². The summed E-state index contributed by atoms with van der Waals surface area (Å²) in [6, 6.07) is 9.56. The molecule has 0 amide bonds. The molecule has 0 aliphatic rings. The highest BCUT2D eigenvalue weighted by molar-refractivity contribution is 5.79. The molecular weight excluding hydrogens is 188 g/mol. The number of hydrogen-bond acceptors (Lipinski definition) is 2. The highest BCUT2D eigenvalue weighted by Gasteiger charge is 2.20. The van der Waals surface area contributed by atoms with Gasteiger partial charge in [0, 0.05) is 5.92 Å². The molecule has 0 heterocycles. The first kappa shape index (κ1) is 11.4. The minimum absolute atomic E-state index is 0.0845. The van der Waals surface area contributed by atoms with Crippen molar-refractivity contribution in [3.63, 3.8) is 0 Å². The molecule has 1 aromatic rings. The molecule has 1 unspecified atom stereocenters. The van der Waals surface area contributed by atoms with Gasteiger partial charge < -0.3 is 9.59 Å². The van der Waals surface area contributed by atoms with Gasteiger partial charge >= 0.3 is 0 Å². The largest absolute Gasteiger partial charge is 0.303 e. The van der Waals surface area contributed by atoms with Gasteiger partial charge in [-0.1, -0.05) is 36.4 Å². The van der Waals surface area contributed by atoms with Crippen molar-refractivity contribution in [3.05, 3.63) is 48.6 Å². The van der Waals surface area contributed by atoms with Crippen molar-refractivity contribution in [1.82, 2.24) is 0 Å². The lowest BCUT2D eigenvalue weighted by molar-refractivity contribution is -0.120. The summed E-state index contributed by atoms with van der Waals surface area (Å²) in [5.41, 5.74) is 1.00. The SMILES string of the molecule is C=CCC(c1ccccc1)C(C=O)C=O. The zero-order valence-electron chi connectivity index (χ0n) is 8.50. The monoisotopic (exact) mass is 202 g/mol. The summed E-state index contributed by atoms with van der Waals surface area (Å²) < 4.78 is 0. The molecule has 2 heteroatoms. The van der Waals surface area contributed by atoms with Crippen LogP contribution in [0.1, 0.15) is 17.9 Å². The van der Waals surface area contributed by atoms with Gasteiger partial charge in [-0.15, -0.1) is 6.58 Å². The summed E-state index contributed by atoms with van der Waals surface area (Å²) in [6.07, 6.45) is 3.77. The lowest BCUT2D eigenvalue weighted by Crippen LogP contribution is -2.15. The van der Waals surface area contributed by atoms with Gasteiger partial charge in [-0.05, 0) is 12.0 Å². The van der Waals surface area contributed by atoms with Crippen LogP contribution < -0.4 is 0 Å². The van der Waals surface area contributed by atoms with E-state index in [2.05, 4.69) is 6.58 Å². The Balaban J connectivity index is 2.96. The predicted octanol–water partition coefficient (Wildman–Crippen LogP) is 2.36. The fourth-order valence-corrected chi connectivity index (χ4v) is 1.62. The highest BCUT2D eigenvalue weighted by Crippen LogP contribution is 2.26. The van der Waals surface area contributed by atoms with Gasteiger partial charge in [0.25, 0.3) is 0 Å². The van der Waals surface area contributed by atoms with Crippen LogP contribution in [0.15, 0.2) is 43.0 Å². The number of carbonyl (C=O) groups is 2. The maximum Gasteiger partial charge on any atom is 0.130 e. The smallest absolute Gasteiger partial charge is 0.130 e. The number of benzene rings is 1. The summed E-state index contributed by atoms with van der Waals surface area (Å²) in [5.74, 6) is -0.663. The average Bonchev–Trinajstić information content (AvgIpc) is 2.30. The van der Waals surface area contributed by atoms with Gasteiger partial charge in [0.15, 0.2) is 0 Å². The van der Waals surface area contributed by atoms with Crippen LogP contribution in [0, 0.1) is 5.92 Å². The zero-order chi connectivity index (χ0) is 11.1. The van der Waals surface area contributed by atoms with Crippen molar-refractivity contribution in [2.45, 2.75) is 12.3 Å². The average molecular weight is 202 g/mol. The molecule has 0 radical (unpaired) electrons. The number of aldehydes is 2. The number of allylic oxidation sites excluding steroid dienone is 1. The molecule has 0 fully saturated rings. The molecule has 2 nitrogen and oxygen atoms in total. The van der Waals surface area contributed by atoms with Crippen LogP contribution in [0.4, 0.5) is 0 Å². The van der Waals surface area contributed by atoms with Gasteiger partial charge in [-0.2, -0.15) is 0 Å². The third-order valence-electron chi connectivity index (χ3n) is 2.43. The van der Waals surface area contributed by atoms with Crippen LogP contribution in [-0.2, 0) is 9.59 Å². The Bertz CT molecular complexity index is 322. The number of carbonyl (C=O) groups excluding carboxylic acids is 2. The Morgan fingerprint density at radius 1 is 1.13 bits per heavy atom. The molecule has 0 aliphatic heterocycles. The van der Waals surface area contributed by atoms with E-state index in [4.69, 9.17) is 0 Å². The van der Waals surface area contributed by atoms with E-state index in [1.54, 1.807) is 6.08 Å². The van der Waals surface area contributed by atoms with E-state index >= 15 is 0 Å². The lowest BCUT2D eigenvalue weighted by Gasteiger charge is -2.17. The minimum Gasteiger partial charge on any atom is -0.303 e. The molecule has 0 saturated carbocycles. The maximum absolute atomic E-state index is 10.8. The number of hydrogen-bond donors (Lipinski definition) is 0. The summed E-state index contributed by atoms with van der Waals surface area (Å²) in [4.78, 5) is 21.5. The molecule has 0 aliphatic carbocycles. The quantitative estimate of drug-likeness (QED) is 0.403. The van der Waals surface area contributed by atoms with Crippen molar-refractivity contribution in [1.29, 1.82) is 0 Å². The van der Waals surface area contributed by atoms with Gasteiger partial charge in [-0.25, -0.2) is 0 Å². The molecular formula is C13H14O2. The second kappa shape index (κ2) is 5.91. The molecule has 1 atom stereocenters. The van der Waals surface area contributed by atoms with Crippen LogP contribution in [0.5, 0.6) is 0 Å². The summed E-state index contributed by atoms with van der Waals surface area (Å²) in [6.45, 7) is 3.65. The minimum atomic E-state index is -0.578. The van der Waals surface area contributed by atoms with Crippen LogP contribution in [0.25, 0.3) is 0 Å². The molecule has 0 saturated heterocycles. The molecule has 0 N–H and O–H groups in total. The van der Waals surface area contributed by atoms with E-state index in [0.29, 0.717) is 19.0 Å². The van der Waals surface area contributed by atoms with Crippen molar-refractivity contribution < 1.29 is 9.59 Å². The topological polar surface area (TPSA) is 34.1 Å². The van der Waals surface area contributed by atoms with Gasteiger partial charge in [-0.3, -0.25) is 0 Å². The first-order valence-corrected chi connectivity index (χ1v) is 4.90. The molecule has 1 aromatic carbocycles. The van der Waals surface area contributed by atoms with Crippen LogP contribution in [0.2, 0.25) is 0 Å². The van der Waals surface area contributed by atoms with E-state index in [1.807, 2.05) is 30.3 Å². The third-order valence-corrected chi connectivity index (χ3v) is 2.43. The molecule has 0 bridgehead atoms. The summed E-state index contributed by atoms with van der Waals surface area (Å²) in [5, 5.41) is 0. The Hall–Kier alpha value is -1.70. The van der Waals surface area contributed by atoms with Crippen LogP contribution in [0.3, 0.4) is 0 Å². The first-order chi connectivity index (χ1) is 7.33. The second-order valence-corrected chi connectivity index (χ2v) is 3.39. The number of rotatable bonds is 6. The standard InChI is InChI=1S/C13H14O2/c1-2-6-13(12(9-14)10-15)11-7-4-3-5-8-11/h2-5,7-10,12-13H,1,6H2. The van der Waals surface area contributed by atoms with Gasteiger partial charge in [0.2, 0.25) is 0 Å². The lowest BCUT2D eigenvalue weighted by atomic mass is 9.85. The molecule has 0 aromatic heterocycles. The summed E-state index contributed by atoms with van der Waals surface area (Å²) in [7, 11) is 0. The van der Waals surface area contributed by atoms with Crippen molar-refractivity contribution >= 4 is 12.6 Å². The third kappa shape index (κ3) is 2.88. The van der Waals surface area contributed by atoms with E-state index < -0.39 is 5.92 Å². The predicted molar refractivity (Wildman–Crippen MR) is 59.6 cm³/mol. The van der Waals surface area contributed by atoms with Crippen molar-refractivity contribution in [2.24, 2.45) is 5.92 Å². The zero-order valence-corrected chi connectivity index (χ0v) is 8.50. The van der Waals surface area contributed by atoms with Gasteiger partial charge in [0.1, 0.15) is 12.6 Å². The maximum atomic E-state index is 10.8. The Morgan fingerprint density at radius 3 is 2.20 bits per heavy atom. The van der Waals surface area contributed by atoms with Crippen LogP contribution >= 0.6 is 0 Å². The van der Waals surface area contributed by atoms with E-state index in [1.165, 1.54) is 0 Å². The summed E-state index contributed by atoms with van der Waals surface area (Å²) >= 11 is 0. The first-order valence-electron chi connectivity index (χ1n) is 4.90. The van der Waals surface area contributed by atoms with E-state index in [9.17, 15) is 9.59 Å². The van der Waals surface area contributed by atoms with Gasteiger partial charge in [0.05, 0.1) is 5.92 Å². The van der Waals surface area contributed by atoms with Crippen LogP contribution in [-0.4, -0.2) is 12.6 Å². The normalized spacial score (nSPS) is 12.1. The van der Waals surface area contributed by atoms with E-state index in [0.717, 1.165) is 5.56 Å². The molecule has 1 rings (SSSR count). The van der Waals surface area contributed by atoms with Crippen molar-refractivity contribution in [3.8, 4) is 0 Å². The molecule has 15 heavy (non-hydrogen) atoms. The molecule has 78 valence electrons. The molecule has 0 spiro atoms. The fourth-order valence-electron chi connectivity index (χ4n) is 1.62. The highest BCUT2D eigenvalue weighted by atomic mass is 16.1. The second-order valence-electron chi connectivity index (χ2n) is 3.39. The Kier molecular flexibility index (Phi) is 4.48.